The largest absolute Gasteiger partial charge is 0.464 e. The number of Topliss-reactive ketones (excluding diaryl/α,β-unsaturated/α-hetero) is 1. The highest BCUT2D eigenvalue weighted by Crippen LogP contribution is 2.29. The maximum absolute atomic E-state index is 12.4. The monoisotopic (exact) mass is 286 g/mol. The van der Waals surface area contributed by atoms with Gasteiger partial charge in [-0.05, 0) is 24.8 Å². The lowest BCUT2D eigenvalue weighted by Crippen LogP contribution is -2.29. The van der Waals surface area contributed by atoms with Crippen LogP contribution in [0.3, 0.4) is 0 Å². The summed E-state index contributed by atoms with van der Waals surface area (Å²) in [6, 6.07) is 7.62. The predicted octanol–water partition coefficient (Wildman–Crippen LogP) is 4.60. The molecule has 0 spiro atoms. The summed E-state index contributed by atoms with van der Waals surface area (Å²) >= 11 is 0. The number of carbonyl (C=O) groups is 1. The number of ether oxygens (including phenoxy) is 1. The average molecular weight is 286 g/mol. The Morgan fingerprint density at radius 1 is 1.29 bits per heavy atom. The lowest BCUT2D eigenvalue weighted by atomic mass is 9.85. The SMILES string of the molecule is CCC1CCCCC1OCC(=O)c1coc2ccccc12. The molecule has 0 aliphatic heterocycles. The van der Waals surface area contributed by atoms with E-state index in [1.165, 1.54) is 19.3 Å². The second kappa shape index (κ2) is 6.44. The molecule has 2 unspecified atom stereocenters. The Kier molecular flexibility index (Phi) is 4.39. The predicted molar refractivity (Wildman–Crippen MR) is 82.5 cm³/mol. The van der Waals surface area contributed by atoms with Crippen molar-refractivity contribution < 1.29 is 13.9 Å². The van der Waals surface area contributed by atoms with Gasteiger partial charge >= 0.3 is 0 Å². The van der Waals surface area contributed by atoms with Crippen LogP contribution in [0.1, 0.15) is 49.4 Å². The fraction of sp³-hybridized carbons (Fsp3) is 0.500. The van der Waals surface area contributed by atoms with Gasteiger partial charge in [0, 0.05) is 5.39 Å². The zero-order valence-corrected chi connectivity index (χ0v) is 12.5. The van der Waals surface area contributed by atoms with Crippen LogP contribution >= 0.6 is 0 Å². The van der Waals surface area contributed by atoms with Crippen LogP contribution in [0.25, 0.3) is 11.0 Å². The number of furan rings is 1. The molecule has 112 valence electrons. The molecule has 3 nitrogen and oxygen atoms in total. The van der Waals surface area contributed by atoms with Crippen molar-refractivity contribution in [1.29, 1.82) is 0 Å². The van der Waals surface area contributed by atoms with Crippen LogP contribution in [0.2, 0.25) is 0 Å². The Morgan fingerprint density at radius 2 is 2.10 bits per heavy atom. The van der Waals surface area contributed by atoms with E-state index in [0.717, 1.165) is 23.8 Å². The first-order valence-electron chi connectivity index (χ1n) is 7.90. The first-order chi connectivity index (χ1) is 10.3. The molecule has 1 aliphatic rings. The first kappa shape index (κ1) is 14.3. The van der Waals surface area contributed by atoms with Crippen LogP contribution in [0.15, 0.2) is 34.9 Å². The molecule has 0 radical (unpaired) electrons. The van der Waals surface area contributed by atoms with E-state index in [2.05, 4.69) is 6.92 Å². The second-order valence-electron chi connectivity index (χ2n) is 5.87. The lowest BCUT2D eigenvalue weighted by molar-refractivity contribution is -0.00567. The van der Waals surface area contributed by atoms with Gasteiger partial charge in [0.25, 0.3) is 0 Å². The molecule has 1 aromatic heterocycles. The molecule has 3 rings (SSSR count). The Labute approximate surface area is 125 Å². The number of rotatable bonds is 5. The molecule has 21 heavy (non-hydrogen) atoms. The quantitative estimate of drug-likeness (QED) is 0.754. The normalized spacial score (nSPS) is 22.5. The molecule has 0 N–H and O–H groups in total. The van der Waals surface area contributed by atoms with E-state index < -0.39 is 0 Å². The fourth-order valence-corrected chi connectivity index (χ4v) is 3.31. The molecule has 1 heterocycles. The smallest absolute Gasteiger partial charge is 0.192 e. The minimum absolute atomic E-state index is 0.0142. The van der Waals surface area contributed by atoms with E-state index in [0.29, 0.717) is 11.5 Å². The molecule has 3 heteroatoms. The van der Waals surface area contributed by atoms with E-state index in [1.807, 2.05) is 24.3 Å². The third kappa shape index (κ3) is 3.03. The first-order valence-corrected chi connectivity index (χ1v) is 7.90. The van der Waals surface area contributed by atoms with E-state index in [4.69, 9.17) is 9.15 Å². The van der Waals surface area contributed by atoms with Crippen LogP contribution < -0.4 is 0 Å². The molecule has 1 fully saturated rings. The molecular weight excluding hydrogens is 264 g/mol. The van der Waals surface area contributed by atoms with Crippen molar-refractivity contribution in [2.24, 2.45) is 5.92 Å². The minimum atomic E-state index is 0.0142. The Balaban J connectivity index is 1.66. The van der Waals surface area contributed by atoms with Gasteiger partial charge in [0.1, 0.15) is 18.5 Å². The number of ketones is 1. The standard InChI is InChI=1S/C18H22O3/c1-2-13-7-3-5-9-17(13)21-12-16(19)15-11-20-18-10-6-4-8-14(15)18/h4,6,8,10-11,13,17H,2-3,5,7,9,12H2,1H3. The van der Waals surface area contributed by atoms with Gasteiger partial charge in [-0.2, -0.15) is 0 Å². The average Bonchev–Trinajstić information content (AvgIpc) is 2.97. The van der Waals surface area contributed by atoms with Gasteiger partial charge in [-0.15, -0.1) is 0 Å². The highest BCUT2D eigenvalue weighted by atomic mass is 16.5. The van der Waals surface area contributed by atoms with Crippen molar-refractivity contribution in [1.82, 2.24) is 0 Å². The zero-order chi connectivity index (χ0) is 14.7. The molecule has 1 aliphatic carbocycles. The Morgan fingerprint density at radius 3 is 2.95 bits per heavy atom. The number of para-hydroxylation sites is 1. The number of hydrogen-bond donors (Lipinski definition) is 0. The summed E-state index contributed by atoms with van der Waals surface area (Å²) in [4.78, 5) is 12.4. The van der Waals surface area contributed by atoms with E-state index in [-0.39, 0.29) is 18.5 Å². The van der Waals surface area contributed by atoms with Crippen LogP contribution in [0.5, 0.6) is 0 Å². The van der Waals surface area contributed by atoms with Gasteiger partial charge in [-0.1, -0.05) is 44.4 Å². The summed E-state index contributed by atoms with van der Waals surface area (Å²) in [6.45, 7) is 2.36. The molecule has 0 bridgehead atoms. The van der Waals surface area contributed by atoms with E-state index in [1.54, 1.807) is 6.26 Å². The highest BCUT2D eigenvalue weighted by molar-refractivity contribution is 6.07. The van der Waals surface area contributed by atoms with Crippen molar-refractivity contribution in [2.75, 3.05) is 6.61 Å². The van der Waals surface area contributed by atoms with Crippen LogP contribution in [0.4, 0.5) is 0 Å². The molecule has 0 saturated heterocycles. The number of carbonyl (C=O) groups excluding carboxylic acids is 1. The fourth-order valence-electron chi connectivity index (χ4n) is 3.31. The summed E-state index contributed by atoms with van der Waals surface area (Å²) in [7, 11) is 0. The van der Waals surface area contributed by atoms with Gasteiger partial charge in [0.2, 0.25) is 0 Å². The molecule has 1 aromatic carbocycles. The number of hydrogen-bond acceptors (Lipinski definition) is 3. The summed E-state index contributed by atoms with van der Waals surface area (Å²) in [5.74, 6) is 0.619. The van der Waals surface area contributed by atoms with Crippen LogP contribution in [-0.2, 0) is 4.74 Å². The Hall–Kier alpha value is -1.61. The topological polar surface area (TPSA) is 39.4 Å². The van der Waals surface area contributed by atoms with E-state index in [9.17, 15) is 4.79 Å². The Bertz CT molecular complexity index is 614. The van der Waals surface area contributed by atoms with Gasteiger partial charge in [0.05, 0.1) is 11.7 Å². The van der Waals surface area contributed by atoms with Crippen molar-refractivity contribution in [3.05, 3.63) is 36.1 Å². The maximum atomic E-state index is 12.4. The summed E-state index contributed by atoms with van der Waals surface area (Å²) in [5.41, 5.74) is 1.39. The second-order valence-corrected chi connectivity index (χ2v) is 5.87. The third-order valence-corrected chi connectivity index (χ3v) is 4.57. The lowest BCUT2D eigenvalue weighted by Gasteiger charge is -2.30. The molecule has 2 aromatic rings. The van der Waals surface area contributed by atoms with Gasteiger partial charge in [-0.3, -0.25) is 4.79 Å². The summed E-state index contributed by atoms with van der Waals surface area (Å²) < 4.78 is 11.4. The van der Waals surface area contributed by atoms with Crippen molar-refractivity contribution in [2.45, 2.75) is 45.1 Å². The molecule has 2 atom stereocenters. The van der Waals surface area contributed by atoms with E-state index >= 15 is 0 Å². The highest BCUT2D eigenvalue weighted by Gasteiger charge is 2.25. The molecule has 1 saturated carbocycles. The maximum Gasteiger partial charge on any atom is 0.192 e. The summed E-state index contributed by atoms with van der Waals surface area (Å²) in [6.07, 6.45) is 7.73. The number of benzene rings is 1. The van der Waals surface area contributed by atoms with Gasteiger partial charge in [0.15, 0.2) is 5.78 Å². The van der Waals surface area contributed by atoms with Gasteiger partial charge in [-0.25, -0.2) is 0 Å². The van der Waals surface area contributed by atoms with Crippen molar-refractivity contribution in [3.63, 3.8) is 0 Å². The third-order valence-electron chi connectivity index (χ3n) is 4.57. The molecule has 0 amide bonds. The van der Waals surface area contributed by atoms with Crippen molar-refractivity contribution in [3.8, 4) is 0 Å². The zero-order valence-electron chi connectivity index (χ0n) is 12.5. The van der Waals surface area contributed by atoms with Crippen LogP contribution in [-0.4, -0.2) is 18.5 Å². The summed E-state index contributed by atoms with van der Waals surface area (Å²) in [5, 5.41) is 0.877. The molecular formula is C18H22O3. The minimum Gasteiger partial charge on any atom is -0.464 e. The van der Waals surface area contributed by atoms with Gasteiger partial charge < -0.3 is 9.15 Å². The van der Waals surface area contributed by atoms with Crippen LogP contribution in [0, 0.1) is 5.92 Å². The number of fused-ring (bicyclic) bond motifs is 1. The van der Waals surface area contributed by atoms with Crippen molar-refractivity contribution >= 4 is 16.8 Å².